The van der Waals surface area contributed by atoms with Crippen molar-refractivity contribution in [3.05, 3.63) is 35.9 Å². The van der Waals surface area contributed by atoms with Gasteiger partial charge in [0.15, 0.2) is 0 Å². The zero-order chi connectivity index (χ0) is 16.1. The lowest BCUT2D eigenvalue weighted by Gasteiger charge is -2.38. The molecule has 1 aromatic rings. The summed E-state index contributed by atoms with van der Waals surface area (Å²) in [6.45, 7) is 2.85. The molecule has 1 amide bonds. The van der Waals surface area contributed by atoms with Crippen LogP contribution in [0.4, 0.5) is 0 Å². The highest BCUT2D eigenvalue weighted by atomic mass is 35.5. The molecule has 5 heteroatoms. The van der Waals surface area contributed by atoms with Crippen LogP contribution in [-0.4, -0.2) is 32.2 Å². The minimum absolute atomic E-state index is 0. The number of benzene rings is 1. The van der Waals surface area contributed by atoms with E-state index in [0.717, 1.165) is 45.3 Å². The third kappa shape index (κ3) is 4.11. The molecule has 1 heterocycles. The molecule has 134 valence electrons. The second-order valence-corrected chi connectivity index (χ2v) is 7.01. The summed E-state index contributed by atoms with van der Waals surface area (Å²) in [6, 6.07) is 10.6. The van der Waals surface area contributed by atoms with Gasteiger partial charge in [-0.3, -0.25) is 4.79 Å². The first-order chi connectivity index (χ1) is 11.2. The molecule has 1 aliphatic heterocycles. The van der Waals surface area contributed by atoms with E-state index >= 15 is 0 Å². The summed E-state index contributed by atoms with van der Waals surface area (Å²) in [6.07, 6.45) is 5.11. The molecule has 0 spiro atoms. The number of hydrogen-bond acceptors (Lipinski definition) is 3. The molecule has 1 saturated carbocycles. The van der Waals surface area contributed by atoms with E-state index in [2.05, 4.69) is 29.6 Å². The number of amides is 1. The van der Waals surface area contributed by atoms with Crippen LogP contribution >= 0.6 is 12.4 Å². The molecule has 0 unspecified atom stereocenters. The average Bonchev–Trinajstić information content (AvgIpc) is 3.10. The summed E-state index contributed by atoms with van der Waals surface area (Å²) < 4.78 is 5.56. The molecule has 1 aromatic carbocycles. The number of carbonyl (C=O) groups excluding carboxylic acids is 1. The van der Waals surface area contributed by atoms with E-state index in [9.17, 15) is 4.79 Å². The number of carbonyl (C=O) groups is 1. The first kappa shape index (κ1) is 19.2. The van der Waals surface area contributed by atoms with Gasteiger partial charge in [-0.2, -0.15) is 0 Å². The Hall–Kier alpha value is -1.10. The fourth-order valence-electron chi connectivity index (χ4n) is 4.17. The van der Waals surface area contributed by atoms with Gasteiger partial charge in [0.05, 0.1) is 0 Å². The fraction of sp³-hybridized carbons (Fsp3) is 0.632. The Balaban J connectivity index is 0.00000208. The SMILES string of the molecule is Cl.NC[C@H]1CCC[C@H]1C(=O)NCC1(c2ccccc2)CCOCC1. The Kier molecular flexibility index (Phi) is 7.08. The van der Waals surface area contributed by atoms with E-state index in [-0.39, 0.29) is 29.6 Å². The zero-order valence-corrected chi connectivity index (χ0v) is 15.0. The summed E-state index contributed by atoms with van der Waals surface area (Å²) in [7, 11) is 0. The van der Waals surface area contributed by atoms with Gasteiger partial charge in [0, 0.05) is 31.1 Å². The van der Waals surface area contributed by atoms with Crippen LogP contribution in [0.1, 0.15) is 37.7 Å². The van der Waals surface area contributed by atoms with E-state index < -0.39 is 0 Å². The molecule has 24 heavy (non-hydrogen) atoms. The standard InChI is InChI=1S/C19H28N2O2.ClH/c20-13-15-5-4-8-17(15)18(22)21-14-19(9-11-23-12-10-19)16-6-2-1-3-7-16;/h1-3,6-7,15,17H,4-5,8-14,20H2,(H,21,22);1H/t15-,17-;/m1./s1. The van der Waals surface area contributed by atoms with Gasteiger partial charge in [0.1, 0.15) is 0 Å². The van der Waals surface area contributed by atoms with Crippen LogP contribution in [0, 0.1) is 11.8 Å². The summed E-state index contributed by atoms with van der Waals surface area (Å²) in [5, 5.41) is 3.25. The first-order valence-corrected chi connectivity index (χ1v) is 8.86. The normalized spacial score (nSPS) is 25.7. The Morgan fingerprint density at radius 1 is 1.21 bits per heavy atom. The molecule has 0 radical (unpaired) electrons. The Morgan fingerprint density at radius 2 is 1.92 bits per heavy atom. The van der Waals surface area contributed by atoms with Gasteiger partial charge >= 0.3 is 0 Å². The number of halogens is 1. The van der Waals surface area contributed by atoms with Crippen molar-refractivity contribution in [2.24, 2.45) is 17.6 Å². The smallest absolute Gasteiger partial charge is 0.223 e. The largest absolute Gasteiger partial charge is 0.381 e. The molecule has 1 aliphatic carbocycles. The van der Waals surface area contributed by atoms with Crippen LogP contribution in [-0.2, 0) is 14.9 Å². The first-order valence-electron chi connectivity index (χ1n) is 8.86. The predicted octanol–water partition coefficient (Wildman–Crippen LogP) is 2.65. The van der Waals surface area contributed by atoms with E-state index in [0.29, 0.717) is 19.0 Å². The van der Waals surface area contributed by atoms with Crippen molar-refractivity contribution in [1.82, 2.24) is 5.32 Å². The summed E-state index contributed by atoms with van der Waals surface area (Å²) in [5.74, 6) is 0.657. The third-order valence-corrected chi connectivity index (χ3v) is 5.74. The lowest BCUT2D eigenvalue weighted by molar-refractivity contribution is -0.126. The molecular formula is C19H29ClN2O2. The summed E-state index contributed by atoms with van der Waals surface area (Å²) in [5.41, 5.74) is 7.14. The molecule has 2 aliphatic rings. The summed E-state index contributed by atoms with van der Waals surface area (Å²) >= 11 is 0. The molecule has 0 aromatic heterocycles. The minimum Gasteiger partial charge on any atom is -0.381 e. The van der Waals surface area contributed by atoms with E-state index in [4.69, 9.17) is 10.5 Å². The van der Waals surface area contributed by atoms with Crippen LogP contribution in [0.25, 0.3) is 0 Å². The Labute approximate surface area is 150 Å². The number of hydrogen-bond donors (Lipinski definition) is 2. The predicted molar refractivity (Wildman–Crippen MR) is 98.3 cm³/mol. The second kappa shape index (κ2) is 8.84. The molecule has 1 saturated heterocycles. The van der Waals surface area contributed by atoms with E-state index in [1.807, 2.05) is 6.07 Å². The number of nitrogens with two attached hydrogens (primary N) is 1. The van der Waals surface area contributed by atoms with Crippen molar-refractivity contribution in [2.75, 3.05) is 26.3 Å². The molecule has 4 nitrogen and oxygen atoms in total. The van der Waals surface area contributed by atoms with Crippen LogP contribution in [0.5, 0.6) is 0 Å². The topological polar surface area (TPSA) is 64.4 Å². The molecule has 2 fully saturated rings. The average molecular weight is 353 g/mol. The van der Waals surface area contributed by atoms with Gasteiger partial charge in [0.2, 0.25) is 5.91 Å². The minimum atomic E-state index is 0. The van der Waals surface area contributed by atoms with Crippen molar-refractivity contribution < 1.29 is 9.53 Å². The quantitative estimate of drug-likeness (QED) is 0.856. The maximum atomic E-state index is 12.6. The number of nitrogens with one attached hydrogen (secondary N) is 1. The number of rotatable bonds is 5. The van der Waals surface area contributed by atoms with Crippen molar-refractivity contribution in [2.45, 2.75) is 37.5 Å². The van der Waals surface area contributed by atoms with Crippen molar-refractivity contribution in [3.8, 4) is 0 Å². The highest BCUT2D eigenvalue weighted by molar-refractivity contribution is 5.85. The molecule has 3 N–H and O–H groups in total. The third-order valence-electron chi connectivity index (χ3n) is 5.74. The van der Waals surface area contributed by atoms with Crippen LogP contribution in [0.15, 0.2) is 30.3 Å². The van der Waals surface area contributed by atoms with Gasteiger partial charge in [-0.1, -0.05) is 36.8 Å². The van der Waals surface area contributed by atoms with Crippen LogP contribution in [0.2, 0.25) is 0 Å². The van der Waals surface area contributed by atoms with Crippen molar-refractivity contribution >= 4 is 18.3 Å². The zero-order valence-electron chi connectivity index (χ0n) is 14.2. The van der Waals surface area contributed by atoms with Crippen LogP contribution < -0.4 is 11.1 Å². The Bertz CT molecular complexity index is 517. The van der Waals surface area contributed by atoms with Gasteiger partial charge in [-0.25, -0.2) is 0 Å². The van der Waals surface area contributed by atoms with Crippen molar-refractivity contribution in [1.29, 1.82) is 0 Å². The highest BCUT2D eigenvalue weighted by Crippen LogP contribution is 2.35. The van der Waals surface area contributed by atoms with Crippen molar-refractivity contribution in [3.63, 3.8) is 0 Å². The van der Waals surface area contributed by atoms with Gasteiger partial charge in [-0.05, 0) is 43.7 Å². The monoisotopic (exact) mass is 352 g/mol. The Morgan fingerprint density at radius 3 is 2.58 bits per heavy atom. The maximum absolute atomic E-state index is 12.6. The maximum Gasteiger partial charge on any atom is 0.223 e. The molecule has 0 bridgehead atoms. The fourth-order valence-corrected chi connectivity index (χ4v) is 4.17. The van der Waals surface area contributed by atoms with Gasteiger partial charge < -0.3 is 15.8 Å². The van der Waals surface area contributed by atoms with Gasteiger partial charge in [-0.15, -0.1) is 12.4 Å². The number of ether oxygens (including phenoxy) is 1. The lowest BCUT2D eigenvalue weighted by Crippen LogP contribution is -2.46. The lowest BCUT2D eigenvalue weighted by atomic mass is 9.74. The molecular weight excluding hydrogens is 324 g/mol. The highest BCUT2D eigenvalue weighted by Gasteiger charge is 2.37. The molecule has 3 rings (SSSR count). The van der Waals surface area contributed by atoms with E-state index in [1.54, 1.807) is 0 Å². The summed E-state index contributed by atoms with van der Waals surface area (Å²) in [4.78, 5) is 12.6. The molecule has 2 atom stereocenters. The van der Waals surface area contributed by atoms with E-state index in [1.165, 1.54) is 5.56 Å². The van der Waals surface area contributed by atoms with Crippen LogP contribution in [0.3, 0.4) is 0 Å². The second-order valence-electron chi connectivity index (χ2n) is 7.01. The van der Waals surface area contributed by atoms with Gasteiger partial charge in [0.25, 0.3) is 0 Å².